The first-order valence-corrected chi connectivity index (χ1v) is 8.29. The van der Waals surface area contributed by atoms with E-state index < -0.39 is 0 Å². The number of anilines is 1. The topological polar surface area (TPSA) is 59.3 Å². The van der Waals surface area contributed by atoms with Crippen molar-refractivity contribution in [2.24, 2.45) is 0 Å². The number of rotatable bonds is 3. The zero-order chi connectivity index (χ0) is 16.5. The monoisotopic (exact) mass is 334 g/mol. The van der Waals surface area contributed by atoms with Gasteiger partial charge in [-0.05, 0) is 19.1 Å². The molecule has 0 aliphatic heterocycles. The summed E-state index contributed by atoms with van der Waals surface area (Å²) in [7, 11) is 0. The van der Waals surface area contributed by atoms with E-state index in [0.717, 1.165) is 21.8 Å². The minimum Gasteiger partial charge on any atom is -0.306 e. The third-order valence-corrected chi connectivity index (χ3v) is 4.46. The molecule has 118 valence electrons. The molecule has 3 heterocycles. The van der Waals surface area contributed by atoms with E-state index in [-0.39, 0.29) is 5.91 Å². The van der Waals surface area contributed by atoms with E-state index in [9.17, 15) is 4.79 Å². The minimum atomic E-state index is -0.184. The van der Waals surface area contributed by atoms with Crippen molar-refractivity contribution < 1.29 is 4.79 Å². The molecule has 24 heavy (non-hydrogen) atoms. The zero-order valence-electron chi connectivity index (χ0n) is 12.9. The van der Waals surface area contributed by atoms with Gasteiger partial charge in [0.2, 0.25) is 0 Å². The highest BCUT2D eigenvalue weighted by atomic mass is 32.1. The van der Waals surface area contributed by atoms with E-state index in [0.29, 0.717) is 10.7 Å². The summed E-state index contributed by atoms with van der Waals surface area (Å²) in [5.41, 5.74) is 3.21. The molecule has 1 amide bonds. The predicted octanol–water partition coefficient (Wildman–Crippen LogP) is 4.02. The van der Waals surface area contributed by atoms with Gasteiger partial charge in [0.05, 0.1) is 5.69 Å². The number of pyridine rings is 1. The van der Waals surface area contributed by atoms with E-state index in [1.54, 1.807) is 18.3 Å². The fourth-order valence-electron chi connectivity index (χ4n) is 2.45. The highest BCUT2D eigenvalue weighted by molar-refractivity contribution is 7.15. The molecule has 0 saturated carbocycles. The Labute approximate surface area is 142 Å². The molecule has 4 rings (SSSR count). The second-order valence-corrected chi connectivity index (χ2v) is 6.64. The summed E-state index contributed by atoms with van der Waals surface area (Å²) in [5, 5.41) is 3.42. The maximum atomic E-state index is 12.4. The van der Waals surface area contributed by atoms with Crippen molar-refractivity contribution in [3.63, 3.8) is 0 Å². The average molecular weight is 334 g/mol. The molecule has 0 aliphatic carbocycles. The lowest BCUT2D eigenvalue weighted by Gasteiger charge is -2.02. The summed E-state index contributed by atoms with van der Waals surface area (Å²) >= 11 is 1.45. The zero-order valence-corrected chi connectivity index (χ0v) is 13.7. The number of thiazole rings is 1. The lowest BCUT2D eigenvalue weighted by Crippen LogP contribution is -2.11. The Hall–Kier alpha value is -2.99. The first-order chi connectivity index (χ1) is 11.7. The summed E-state index contributed by atoms with van der Waals surface area (Å²) in [5.74, 6) is -0.184. The van der Waals surface area contributed by atoms with E-state index in [1.807, 2.05) is 54.0 Å². The fourth-order valence-corrected chi connectivity index (χ4v) is 3.11. The number of imidazole rings is 1. The van der Waals surface area contributed by atoms with Crippen LogP contribution in [0.25, 0.3) is 16.9 Å². The molecular formula is C18H14N4OS. The number of hydrogen-bond donors (Lipinski definition) is 1. The molecular weight excluding hydrogens is 320 g/mol. The number of carbonyl (C=O) groups is 1. The SMILES string of the molecule is Cc1cnc(NC(=O)c2ccn3cc(-c4ccccc4)nc3c2)s1. The van der Waals surface area contributed by atoms with Gasteiger partial charge in [-0.3, -0.25) is 10.1 Å². The van der Waals surface area contributed by atoms with Gasteiger partial charge < -0.3 is 4.40 Å². The summed E-state index contributed by atoms with van der Waals surface area (Å²) in [6, 6.07) is 13.5. The third kappa shape index (κ3) is 2.79. The Balaban J connectivity index is 1.64. The molecule has 3 aromatic heterocycles. The highest BCUT2D eigenvalue weighted by Gasteiger charge is 2.11. The molecule has 4 aromatic rings. The number of aryl methyl sites for hydroxylation is 1. The smallest absolute Gasteiger partial charge is 0.257 e. The largest absolute Gasteiger partial charge is 0.306 e. The molecule has 5 nitrogen and oxygen atoms in total. The van der Waals surface area contributed by atoms with Gasteiger partial charge in [0.15, 0.2) is 5.13 Å². The lowest BCUT2D eigenvalue weighted by atomic mass is 10.2. The van der Waals surface area contributed by atoms with Crippen LogP contribution in [0.5, 0.6) is 0 Å². The van der Waals surface area contributed by atoms with Crippen molar-refractivity contribution in [3.05, 3.63) is 71.5 Å². The number of aromatic nitrogens is 3. The van der Waals surface area contributed by atoms with Gasteiger partial charge in [0, 0.05) is 34.6 Å². The van der Waals surface area contributed by atoms with Crippen molar-refractivity contribution >= 4 is 28.0 Å². The van der Waals surface area contributed by atoms with Gasteiger partial charge >= 0.3 is 0 Å². The first kappa shape index (κ1) is 14.6. The third-order valence-electron chi connectivity index (χ3n) is 3.63. The number of amides is 1. The Morgan fingerprint density at radius 1 is 1.21 bits per heavy atom. The van der Waals surface area contributed by atoms with Crippen molar-refractivity contribution in [1.29, 1.82) is 0 Å². The molecule has 6 heteroatoms. The second-order valence-electron chi connectivity index (χ2n) is 5.40. The molecule has 0 bridgehead atoms. The number of benzene rings is 1. The number of nitrogens with one attached hydrogen (secondary N) is 1. The Morgan fingerprint density at radius 3 is 2.79 bits per heavy atom. The van der Waals surface area contributed by atoms with E-state index >= 15 is 0 Å². The van der Waals surface area contributed by atoms with Crippen LogP contribution < -0.4 is 5.32 Å². The lowest BCUT2D eigenvalue weighted by molar-refractivity contribution is 0.102. The number of hydrogen-bond acceptors (Lipinski definition) is 4. The van der Waals surface area contributed by atoms with Crippen LogP contribution >= 0.6 is 11.3 Å². The van der Waals surface area contributed by atoms with Crippen LogP contribution in [0, 0.1) is 6.92 Å². The normalized spacial score (nSPS) is 10.9. The standard InChI is InChI=1S/C18H14N4OS/c1-12-10-19-18(24-12)21-17(23)14-7-8-22-11-15(20-16(22)9-14)13-5-3-2-4-6-13/h2-11H,1H3,(H,19,21,23). The molecule has 0 aliphatic rings. The van der Waals surface area contributed by atoms with Gasteiger partial charge in [-0.1, -0.05) is 30.3 Å². The highest BCUT2D eigenvalue weighted by Crippen LogP contribution is 2.20. The number of fused-ring (bicyclic) bond motifs is 1. The van der Waals surface area contributed by atoms with Crippen molar-refractivity contribution in [1.82, 2.24) is 14.4 Å². The van der Waals surface area contributed by atoms with Crippen LogP contribution in [0.3, 0.4) is 0 Å². The fraction of sp³-hybridized carbons (Fsp3) is 0.0556. The van der Waals surface area contributed by atoms with Crippen LogP contribution in [0.2, 0.25) is 0 Å². The van der Waals surface area contributed by atoms with Crippen LogP contribution in [-0.2, 0) is 0 Å². The number of nitrogens with zero attached hydrogens (tertiary/aromatic N) is 3. The van der Waals surface area contributed by atoms with Crippen molar-refractivity contribution in [3.8, 4) is 11.3 Å². The summed E-state index contributed by atoms with van der Waals surface area (Å²) < 4.78 is 1.91. The molecule has 0 unspecified atom stereocenters. The Bertz CT molecular complexity index is 1020. The molecule has 0 atom stereocenters. The van der Waals surface area contributed by atoms with Gasteiger partial charge in [-0.25, -0.2) is 9.97 Å². The summed E-state index contributed by atoms with van der Waals surface area (Å²) in [6.07, 6.45) is 5.54. The first-order valence-electron chi connectivity index (χ1n) is 7.47. The molecule has 1 aromatic carbocycles. The molecule has 0 fully saturated rings. The van der Waals surface area contributed by atoms with Crippen LogP contribution in [0.4, 0.5) is 5.13 Å². The minimum absolute atomic E-state index is 0.184. The van der Waals surface area contributed by atoms with Gasteiger partial charge in [0.1, 0.15) is 5.65 Å². The van der Waals surface area contributed by atoms with Crippen LogP contribution in [-0.4, -0.2) is 20.3 Å². The quantitative estimate of drug-likeness (QED) is 0.615. The average Bonchev–Trinajstić information content (AvgIpc) is 3.21. The van der Waals surface area contributed by atoms with Gasteiger partial charge in [-0.2, -0.15) is 0 Å². The maximum Gasteiger partial charge on any atom is 0.257 e. The predicted molar refractivity (Wildman–Crippen MR) is 95.4 cm³/mol. The Kier molecular flexibility index (Phi) is 3.59. The molecule has 0 spiro atoms. The number of carbonyl (C=O) groups excluding carboxylic acids is 1. The van der Waals surface area contributed by atoms with Gasteiger partial charge in [0.25, 0.3) is 5.91 Å². The van der Waals surface area contributed by atoms with Crippen LogP contribution in [0.15, 0.2) is 61.1 Å². The van der Waals surface area contributed by atoms with Crippen molar-refractivity contribution in [2.45, 2.75) is 6.92 Å². The molecule has 0 radical (unpaired) electrons. The van der Waals surface area contributed by atoms with Crippen LogP contribution in [0.1, 0.15) is 15.2 Å². The summed E-state index contributed by atoms with van der Waals surface area (Å²) in [6.45, 7) is 1.95. The van der Waals surface area contributed by atoms with E-state index in [4.69, 9.17) is 0 Å². The van der Waals surface area contributed by atoms with E-state index in [1.165, 1.54) is 11.3 Å². The second kappa shape index (κ2) is 5.90. The Morgan fingerprint density at radius 2 is 2.04 bits per heavy atom. The summed E-state index contributed by atoms with van der Waals surface area (Å²) in [4.78, 5) is 22.2. The molecule has 1 N–H and O–H groups in total. The van der Waals surface area contributed by atoms with E-state index in [2.05, 4.69) is 15.3 Å². The van der Waals surface area contributed by atoms with Crippen molar-refractivity contribution in [2.75, 3.05) is 5.32 Å². The maximum absolute atomic E-state index is 12.4. The van der Waals surface area contributed by atoms with Gasteiger partial charge in [-0.15, -0.1) is 11.3 Å². The molecule has 0 saturated heterocycles.